The van der Waals surface area contributed by atoms with Gasteiger partial charge < -0.3 is 10.2 Å². The number of carbonyl (C=O) groups is 2. The second-order valence-corrected chi connectivity index (χ2v) is 9.05. The van der Waals surface area contributed by atoms with Gasteiger partial charge in [0.15, 0.2) is 0 Å². The lowest BCUT2D eigenvalue weighted by Crippen LogP contribution is -2.46. The summed E-state index contributed by atoms with van der Waals surface area (Å²) in [6, 6.07) is 8.09. The number of likely N-dealkylation sites (tertiary alicyclic amines) is 1. The van der Waals surface area contributed by atoms with E-state index in [1.165, 1.54) is 4.70 Å². The minimum atomic E-state index is -0.355. The van der Waals surface area contributed by atoms with Crippen LogP contribution < -0.4 is 5.32 Å². The van der Waals surface area contributed by atoms with Crippen LogP contribution in [0.4, 0.5) is 0 Å². The van der Waals surface area contributed by atoms with E-state index in [9.17, 15) is 9.59 Å². The standard InChI is InChI=1S/C20H27N3O2S/c1-20(2,3)19(25)23-12-9-14(10-13-23)18(24)21-11-8-17-22-15-6-4-5-7-16(15)26-17/h4-7,14H,8-13H2,1-3H3,(H,21,24). The predicted molar refractivity (Wildman–Crippen MR) is 105 cm³/mol. The Kier molecular flexibility index (Phi) is 5.61. The maximum atomic E-state index is 12.4. The number of fused-ring (bicyclic) bond motifs is 1. The van der Waals surface area contributed by atoms with Gasteiger partial charge in [-0.05, 0) is 25.0 Å². The molecular weight excluding hydrogens is 346 g/mol. The van der Waals surface area contributed by atoms with Crippen LogP contribution in [0.25, 0.3) is 10.2 Å². The van der Waals surface area contributed by atoms with Crippen LogP contribution in [0.3, 0.4) is 0 Å². The summed E-state index contributed by atoms with van der Waals surface area (Å²) in [5.74, 6) is 0.288. The minimum Gasteiger partial charge on any atom is -0.355 e. The Morgan fingerprint density at radius 2 is 1.92 bits per heavy atom. The third kappa shape index (κ3) is 4.41. The van der Waals surface area contributed by atoms with Gasteiger partial charge in [-0.1, -0.05) is 32.9 Å². The summed E-state index contributed by atoms with van der Waals surface area (Å²) in [5.41, 5.74) is 0.668. The molecule has 2 amide bonds. The fourth-order valence-corrected chi connectivity index (χ4v) is 4.25. The molecule has 1 aliphatic rings. The fraction of sp³-hybridized carbons (Fsp3) is 0.550. The van der Waals surface area contributed by atoms with Crippen LogP contribution in [0.2, 0.25) is 0 Å². The first-order valence-electron chi connectivity index (χ1n) is 9.26. The van der Waals surface area contributed by atoms with Crippen LogP contribution in [0.1, 0.15) is 38.6 Å². The van der Waals surface area contributed by atoms with E-state index in [1.807, 2.05) is 43.9 Å². The highest BCUT2D eigenvalue weighted by atomic mass is 32.1. The number of benzene rings is 1. The number of para-hydroxylation sites is 1. The topological polar surface area (TPSA) is 62.3 Å². The SMILES string of the molecule is CC(C)(C)C(=O)N1CCC(C(=O)NCCc2nc3ccccc3s2)CC1. The molecule has 0 bridgehead atoms. The Bertz CT molecular complexity index is 753. The molecule has 1 aliphatic heterocycles. The number of carbonyl (C=O) groups excluding carboxylic acids is 2. The first-order valence-corrected chi connectivity index (χ1v) is 10.1. The van der Waals surface area contributed by atoms with Gasteiger partial charge in [0.05, 0.1) is 15.2 Å². The zero-order valence-electron chi connectivity index (χ0n) is 15.7. The van der Waals surface area contributed by atoms with E-state index in [1.54, 1.807) is 11.3 Å². The van der Waals surface area contributed by atoms with E-state index in [4.69, 9.17) is 0 Å². The minimum absolute atomic E-state index is 0.00869. The van der Waals surface area contributed by atoms with E-state index >= 15 is 0 Å². The zero-order valence-corrected chi connectivity index (χ0v) is 16.6. The van der Waals surface area contributed by atoms with Crippen molar-refractivity contribution in [3.63, 3.8) is 0 Å². The zero-order chi connectivity index (χ0) is 18.7. The van der Waals surface area contributed by atoms with Gasteiger partial charge in [0.25, 0.3) is 0 Å². The van der Waals surface area contributed by atoms with Gasteiger partial charge >= 0.3 is 0 Å². The Hall–Kier alpha value is -1.95. The quantitative estimate of drug-likeness (QED) is 0.895. The molecule has 3 rings (SSSR count). The molecule has 0 unspecified atom stereocenters. The molecule has 1 N–H and O–H groups in total. The van der Waals surface area contributed by atoms with Crippen LogP contribution >= 0.6 is 11.3 Å². The smallest absolute Gasteiger partial charge is 0.227 e. The molecule has 1 aromatic heterocycles. The molecule has 0 atom stereocenters. The van der Waals surface area contributed by atoms with E-state index < -0.39 is 0 Å². The number of rotatable bonds is 4. The number of nitrogens with one attached hydrogen (secondary N) is 1. The molecule has 5 nitrogen and oxygen atoms in total. The first kappa shape index (κ1) is 18.8. The largest absolute Gasteiger partial charge is 0.355 e. The number of hydrogen-bond donors (Lipinski definition) is 1. The maximum absolute atomic E-state index is 12.4. The van der Waals surface area contributed by atoms with Gasteiger partial charge in [-0.15, -0.1) is 11.3 Å². The van der Waals surface area contributed by atoms with Crippen LogP contribution in [0.5, 0.6) is 0 Å². The molecule has 1 aromatic carbocycles. The number of piperidine rings is 1. The van der Waals surface area contributed by atoms with E-state index in [0.29, 0.717) is 19.6 Å². The van der Waals surface area contributed by atoms with Crippen molar-refractivity contribution in [1.29, 1.82) is 0 Å². The van der Waals surface area contributed by atoms with Crippen LogP contribution in [0.15, 0.2) is 24.3 Å². The molecule has 1 fully saturated rings. The molecule has 6 heteroatoms. The van der Waals surface area contributed by atoms with Crippen LogP contribution in [-0.2, 0) is 16.0 Å². The van der Waals surface area contributed by atoms with Crippen LogP contribution in [0, 0.1) is 11.3 Å². The maximum Gasteiger partial charge on any atom is 0.227 e. The average molecular weight is 374 g/mol. The van der Waals surface area contributed by atoms with Gasteiger partial charge in [0.1, 0.15) is 0 Å². The summed E-state index contributed by atoms with van der Waals surface area (Å²) in [6.07, 6.45) is 2.25. The van der Waals surface area contributed by atoms with Gasteiger partial charge in [-0.3, -0.25) is 9.59 Å². The van der Waals surface area contributed by atoms with E-state index in [2.05, 4.69) is 16.4 Å². The van der Waals surface area contributed by atoms with Crippen molar-refractivity contribution in [3.8, 4) is 0 Å². The Labute approximate surface area is 158 Å². The third-order valence-electron chi connectivity index (χ3n) is 4.77. The molecule has 1 saturated heterocycles. The van der Waals surface area contributed by atoms with Crippen molar-refractivity contribution < 1.29 is 9.59 Å². The fourth-order valence-electron chi connectivity index (χ4n) is 3.28. The summed E-state index contributed by atoms with van der Waals surface area (Å²) in [7, 11) is 0. The lowest BCUT2D eigenvalue weighted by Gasteiger charge is -2.35. The van der Waals surface area contributed by atoms with Gasteiger partial charge in [0.2, 0.25) is 11.8 Å². The summed E-state index contributed by atoms with van der Waals surface area (Å²) in [5, 5.41) is 4.10. The highest BCUT2D eigenvalue weighted by Gasteiger charge is 2.32. The van der Waals surface area contributed by atoms with Crippen molar-refractivity contribution in [1.82, 2.24) is 15.2 Å². The van der Waals surface area contributed by atoms with Crippen molar-refractivity contribution >= 4 is 33.4 Å². The van der Waals surface area contributed by atoms with Gasteiger partial charge in [-0.25, -0.2) is 4.98 Å². The number of amides is 2. The Balaban J connectivity index is 1.44. The number of thiazole rings is 1. The van der Waals surface area contributed by atoms with Crippen molar-refractivity contribution in [2.45, 2.75) is 40.0 Å². The van der Waals surface area contributed by atoms with E-state index in [-0.39, 0.29) is 23.1 Å². The summed E-state index contributed by atoms with van der Waals surface area (Å²) in [4.78, 5) is 31.2. The molecule has 0 spiro atoms. The van der Waals surface area contributed by atoms with Crippen molar-refractivity contribution in [2.24, 2.45) is 11.3 Å². The van der Waals surface area contributed by atoms with Gasteiger partial charge in [-0.2, -0.15) is 0 Å². The monoisotopic (exact) mass is 373 g/mol. The lowest BCUT2D eigenvalue weighted by atomic mass is 9.90. The summed E-state index contributed by atoms with van der Waals surface area (Å²) in [6.45, 7) is 7.78. The molecule has 0 radical (unpaired) electrons. The molecule has 26 heavy (non-hydrogen) atoms. The number of nitrogens with zero attached hydrogens (tertiary/aromatic N) is 2. The molecule has 2 aromatic rings. The molecule has 2 heterocycles. The molecule has 140 valence electrons. The van der Waals surface area contributed by atoms with Gasteiger partial charge in [0, 0.05) is 37.4 Å². The Morgan fingerprint density at radius 1 is 1.23 bits per heavy atom. The first-order chi connectivity index (χ1) is 12.3. The normalized spacial score (nSPS) is 16.0. The highest BCUT2D eigenvalue weighted by molar-refractivity contribution is 7.18. The molecular formula is C20H27N3O2S. The summed E-state index contributed by atoms with van der Waals surface area (Å²) >= 11 is 1.68. The lowest BCUT2D eigenvalue weighted by molar-refractivity contribution is -0.142. The summed E-state index contributed by atoms with van der Waals surface area (Å²) < 4.78 is 1.18. The highest BCUT2D eigenvalue weighted by Crippen LogP contribution is 2.24. The molecule has 0 aliphatic carbocycles. The van der Waals surface area contributed by atoms with Crippen molar-refractivity contribution in [2.75, 3.05) is 19.6 Å². The average Bonchev–Trinajstić information content (AvgIpc) is 3.03. The van der Waals surface area contributed by atoms with Crippen molar-refractivity contribution in [3.05, 3.63) is 29.3 Å². The predicted octanol–water partition coefficient (Wildman–Crippen LogP) is 3.24. The van der Waals surface area contributed by atoms with Crippen LogP contribution in [-0.4, -0.2) is 41.3 Å². The molecule has 0 saturated carbocycles. The third-order valence-corrected chi connectivity index (χ3v) is 5.87. The second kappa shape index (κ2) is 7.74. The number of aromatic nitrogens is 1. The Morgan fingerprint density at radius 3 is 2.58 bits per heavy atom. The van der Waals surface area contributed by atoms with E-state index in [0.717, 1.165) is 29.8 Å². The second-order valence-electron chi connectivity index (χ2n) is 7.93. The number of hydrogen-bond acceptors (Lipinski definition) is 4.